The average molecular weight is 232 g/mol. The second kappa shape index (κ2) is 5.85. The van der Waals surface area contributed by atoms with Crippen LogP contribution in [0.3, 0.4) is 0 Å². The van der Waals surface area contributed by atoms with Gasteiger partial charge in [-0.15, -0.1) is 0 Å². The minimum atomic E-state index is -0.705. The zero-order chi connectivity index (χ0) is 12.1. The summed E-state index contributed by atoms with van der Waals surface area (Å²) in [6.45, 7) is 0. The van der Waals surface area contributed by atoms with E-state index in [1.807, 2.05) is 6.07 Å². The summed E-state index contributed by atoms with van der Waals surface area (Å²) in [4.78, 5) is 10.7. The van der Waals surface area contributed by atoms with E-state index in [1.54, 1.807) is 0 Å². The molecule has 0 amide bonds. The Hall–Kier alpha value is -1.31. The molecule has 2 heteroatoms. The fraction of sp³-hybridized carbons (Fsp3) is 0.533. The maximum atomic E-state index is 10.7. The van der Waals surface area contributed by atoms with E-state index in [2.05, 4.69) is 18.2 Å². The summed E-state index contributed by atoms with van der Waals surface area (Å²) in [5.41, 5.74) is 2.63. The van der Waals surface area contributed by atoms with Crippen LogP contribution in [-0.4, -0.2) is 11.1 Å². The lowest BCUT2D eigenvalue weighted by Crippen LogP contribution is -2.08. The third kappa shape index (κ3) is 3.32. The van der Waals surface area contributed by atoms with Crippen LogP contribution in [0.5, 0.6) is 0 Å². The number of hydrogen-bond acceptors (Lipinski definition) is 1. The highest BCUT2D eigenvalue weighted by atomic mass is 16.4. The molecule has 1 aliphatic rings. The summed E-state index contributed by atoms with van der Waals surface area (Å²) in [6.07, 6.45) is 7.43. The molecule has 0 aromatic heterocycles. The first-order valence-electron chi connectivity index (χ1n) is 6.57. The normalized spacial score (nSPS) is 16.9. The van der Waals surface area contributed by atoms with Crippen molar-refractivity contribution in [3.8, 4) is 0 Å². The average Bonchev–Trinajstić information content (AvgIpc) is 2.38. The third-order valence-corrected chi connectivity index (χ3v) is 3.71. The molecule has 92 valence electrons. The molecule has 0 aliphatic heterocycles. The third-order valence-electron chi connectivity index (χ3n) is 3.71. The zero-order valence-electron chi connectivity index (χ0n) is 10.2. The van der Waals surface area contributed by atoms with Crippen molar-refractivity contribution in [2.75, 3.05) is 0 Å². The van der Waals surface area contributed by atoms with Gasteiger partial charge in [0.15, 0.2) is 0 Å². The Labute approximate surface area is 103 Å². The number of rotatable bonds is 4. The molecule has 0 saturated heterocycles. The predicted octanol–water partition coefficient (Wildman–Crippen LogP) is 3.75. The van der Waals surface area contributed by atoms with Crippen molar-refractivity contribution in [3.05, 3.63) is 35.4 Å². The summed E-state index contributed by atoms with van der Waals surface area (Å²) >= 11 is 0. The molecule has 0 heterocycles. The van der Waals surface area contributed by atoms with Gasteiger partial charge in [-0.05, 0) is 36.3 Å². The monoisotopic (exact) mass is 232 g/mol. The van der Waals surface area contributed by atoms with Crippen LogP contribution >= 0.6 is 0 Å². The molecule has 0 radical (unpaired) electrons. The highest BCUT2D eigenvalue weighted by Crippen LogP contribution is 2.34. The minimum Gasteiger partial charge on any atom is -0.481 e. The molecule has 1 fully saturated rings. The predicted molar refractivity (Wildman–Crippen MR) is 68.2 cm³/mol. The fourth-order valence-electron chi connectivity index (χ4n) is 2.82. The van der Waals surface area contributed by atoms with Gasteiger partial charge < -0.3 is 5.11 Å². The number of aliphatic carboxylic acids is 1. The molecule has 1 aromatic rings. The number of carbonyl (C=O) groups is 1. The van der Waals surface area contributed by atoms with Gasteiger partial charge in [-0.25, -0.2) is 0 Å². The van der Waals surface area contributed by atoms with Gasteiger partial charge in [0.05, 0.1) is 0 Å². The van der Waals surface area contributed by atoms with Crippen LogP contribution in [0.2, 0.25) is 0 Å². The largest absolute Gasteiger partial charge is 0.481 e. The van der Waals surface area contributed by atoms with Crippen LogP contribution in [0, 0.1) is 0 Å². The number of benzene rings is 1. The zero-order valence-corrected chi connectivity index (χ0v) is 10.2. The van der Waals surface area contributed by atoms with Gasteiger partial charge in [0.2, 0.25) is 0 Å². The molecular weight excluding hydrogens is 212 g/mol. The Morgan fingerprint density at radius 2 is 1.88 bits per heavy atom. The standard InChI is InChI=1S/C15H20O2/c16-15(17)11-10-13-8-4-5-9-14(13)12-6-2-1-3-7-12/h4-5,8-9,12H,1-3,6-7,10-11H2,(H,16,17). The van der Waals surface area contributed by atoms with Crippen molar-refractivity contribution in [2.45, 2.75) is 50.9 Å². The molecule has 1 aromatic carbocycles. The molecule has 0 unspecified atom stereocenters. The number of carboxylic acids is 1. The first-order chi connectivity index (χ1) is 8.27. The quantitative estimate of drug-likeness (QED) is 0.858. The highest BCUT2D eigenvalue weighted by Gasteiger charge is 2.18. The van der Waals surface area contributed by atoms with Gasteiger partial charge in [0.25, 0.3) is 0 Å². The number of hydrogen-bond donors (Lipinski definition) is 1. The minimum absolute atomic E-state index is 0.240. The second-order valence-corrected chi connectivity index (χ2v) is 4.93. The van der Waals surface area contributed by atoms with Crippen molar-refractivity contribution in [3.63, 3.8) is 0 Å². The van der Waals surface area contributed by atoms with Crippen LogP contribution in [0.4, 0.5) is 0 Å². The van der Waals surface area contributed by atoms with E-state index < -0.39 is 5.97 Å². The smallest absolute Gasteiger partial charge is 0.303 e. The number of carboxylic acid groups (broad SMARTS) is 1. The van der Waals surface area contributed by atoms with Gasteiger partial charge >= 0.3 is 5.97 Å². The van der Waals surface area contributed by atoms with E-state index in [1.165, 1.54) is 43.2 Å². The van der Waals surface area contributed by atoms with E-state index in [0.29, 0.717) is 12.3 Å². The van der Waals surface area contributed by atoms with Crippen molar-refractivity contribution in [2.24, 2.45) is 0 Å². The first-order valence-corrected chi connectivity index (χ1v) is 6.57. The molecule has 0 spiro atoms. The molecule has 1 N–H and O–H groups in total. The van der Waals surface area contributed by atoms with Gasteiger partial charge in [-0.2, -0.15) is 0 Å². The van der Waals surface area contributed by atoms with Gasteiger partial charge in [-0.1, -0.05) is 43.5 Å². The van der Waals surface area contributed by atoms with Gasteiger partial charge in [0.1, 0.15) is 0 Å². The summed E-state index contributed by atoms with van der Waals surface area (Å²) < 4.78 is 0. The van der Waals surface area contributed by atoms with Crippen molar-refractivity contribution in [1.29, 1.82) is 0 Å². The Balaban J connectivity index is 2.11. The fourth-order valence-corrected chi connectivity index (χ4v) is 2.82. The van der Waals surface area contributed by atoms with Crippen LogP contribution in [0.15, 0.2) is 24.3 Å². The van der Waals surface area contributed by atoms with Crippen LogP contribution in [0.25, 0.3) is 0 Å². The van der Waals surface area contributed by atoms with E-state index in [0.717, 1.165) is 0 Å². The van der Waals surface area contributed by atoms with Crippen molar-refractivity contribution < 1.29 is 9.90 Å². The second-order valence-electron chi connectivity index (χ2n) is 4.93. The maximum absolute atomic E-state index is 10.7. The van der Waals surface area contributed by atoms with Crippen molar-refractivity contribution in [1.82, 2.24) is 0 Å². The SMILES string of the molecule is O=C(O)CCc1ccccc1C1CCCCC1. The lowest BCUT2D eigenvalue weighted by Gasteiger charge is -2.24. The molecular formula is C15H20O2. The Bertz CT molecular complexity index is 378. The topological polar surface area (TPSA) is 37.3 Å². The van der Waals surface area contributed by atoms with E-state index in [4.69, 9.17) is 5.11 Å². The van der Waals surface area contributed by atoms with Gasteiger partial charge in [-0.3, -0.25) is 4.79 Å². The molecule has 0 bridgehead atoms. The number of aryl methyl sites for hydroxylation is 1. The molecule has 2 nitrogen and oxygen atoms in total. The first kappa shape index (κ1) is 12.2. The summed E-state index contributed by atoms with van der Waals surface area (Å²) in [5, 5.41) is 8.78. The molecule has 1 saturated carbocycles. The summed E-state index contributed by atoms with van der Waals surface area (Å²) in [7, 11) is 0. The Kier molecular flexibility index (Phi) is 4.18. The van der Waals surface area contributed by atoms with E-state index in [9.17, 15) is 4.79 Å². The van der Waals surface area contributed by atoms with E-state index in [-0.39, 0.29) is 6.42 Å². The summed E-state index contributed by atoms with van der Waals surface area (Å²) in [5.74, 6) is -0.0443. The van der Waals surface area contributed by atoms with Crippen LogP contribution in [0.1, 0.15) is 55.6 Å². The van der Waals surface area contributed by atoms with Crippen molar-refractivity contribution >= 4 is 5.97 Å². The molecule has 17 heavy (non-hydrogen) atoms. The van der Waals surface area contributed by atoms with Crippen LogP contribution < -0.4 is 0 Å². The van der Waals surface area contributed by atoms with Crippen LogP contribution in [-0.2, 0) is 11.2 Å². The van der Waals surface area contributed by atoms with Gasteiger partial charge in [0, 0.05) is 6.42 Å². The van der Waals surface area contributed by atoms with E-state index >= 15 is 0 Å². The highest BCUT2D eigenvalue weighted by molar-refractivity contribution is 5.67. The molecule has 1 aliphatic carbocycles. The lowest BCUT2D eigenvalue weighted by atomic mass is 9.81. The lowest BCUT2D eigenvalue weighted by molar-refractivity contribution is -0.136. The molecule has 2 rings (SSSR count). The summed E-state index contributed by atoms with van der Waals surface area (Å²) in [6, 6.07) is 8.37. The maximum Gasteiger partial charge on any atom is 0.303 e. The molecule has 0 atom stereocenters. The Morgan fingerprint density at radius 1 is 1.18 bits per heavy atom. The Morgan fingerprint density at radius 3 is 2.59 bits per heavy atom.